The third-order valence-electron chi connectivity index (χ3n) is 6.25. The largest absolute Gasteiger partial charge is 0.504 e. The quantitative estimate of drug-likeness (QED) is 0.314. The van der Waals surface area contributed by atoms with Gasteiger partial charge in [0.05, 0.1) is 18.5 Å². The van der Waals surface area contributed by atoms with Crippen LogP contribution in [0.25, 0.3) is 11.4 Å². The van der Waals surface area contributed by atoms with E-state index >= 15 is 0 Å². The van der Waals surface area contributed by atoms with Crippen LogP contribution in [0.5, 0.6) is 11.5 Å². The summed E-state index contributed by atoms with van der Waals surface area (Å²) in [7, 11) is 3.17. The van der Waals surface area contributed by atoms with E-state index in [0.29, 0.717) is 22.6 Å². The number of carbonyl (C=O) groups excluding carboxylic acids is 2. The number of aromatic nitrogens is 3. The summed E-state index contributed by atoms with van der Waals surface area (Å²) in [5.41, 5.74) is 3.16. The lowest BCUT2D eigenvalue weighted by molar-refractivity contribution is 0.0471. The predicted molar refractivity (Wildman–Crippen MR) is 134 cm³/mol. The Kier molecular flexibility index (Phi) is 6.57. The maximum absolute atomic E-state index is 13.5. The lowest BCUT2D eigenvalue weighted by Gasteiger charge is -2.10. The number of carbonyl (C=O) groups is 2. The van der Waals surface area contributed by atoms with Crippen molar-refractivity contribution in [1.29, 1.82) is 0 Å². The second kappa shape index (κ2) is 9.61. The molecule has 0 aliphatic rings. The lowest BCUT2D eigenvalue weighted by Crippen LogP contribution is -2.22. The van der Waals surface area contributed by atoms with E-state index in [1.807, 2.05) is 44.2 Å². The molecule has 9 nitrogen and oxygen atoms in total. The van der Waals surface area contributed by atoms with Crippen molar-refractivity contribution in [3.63, 3.8) is 0 Å². The minimum absolute atomic E-state index is 0.103. The second-order valence-corrected chi connectivity index (χ2v) is 8.39. The predicted octanol–water partition coefficient (Wildman–Crippen LogP) is 3.65. The van der Waals surface area contributed by atoms with Crippen LogP contribution in [-0.2, 0) is 11.8 Å². The first-order valence-corrected chi connectivity index (χ1v) is 11.3. The van der Waals surface area contributed by atoms with Gasteiger partial charge in [0, 0.05) is 24.0 Å². The van der Waals surface area contributed by atoms with Gasteiger partial charge in [-0.3, -0.25) is 14.3 Å². The van der Waals surface area contributed by atoms with Crippen molar-refractivity contribution < 1.29 is 24.2 Å². The molecule has 0 fully saturated rings. The Morgan fingerprint density at radius 1 is 0.944 bits per heavy atom. The lowest BCUT2D eigenvalue weighted by atomic mass is 10.1. The van der Waals surface area contributed by atoms with Gasteiger partial charge in [0.25, 0.3) is 5.56 Å². The molecule has 0 amide bonds. The summed E-state index contributed by atoms with van der Waals surface area (Å²) in [6.45, 7) is 4.87. The minimum atomic E-state index is -0.849. The highest BCUT2D eigenvalue weighted by molar-refractivity contribution is 6.01. The molecule has 2 aromatic heterocycles. The Bertz CT molecular complexity index is 1530. The summed E-state index contributed by atoms with van der Waals surface area (Å²) in [6.07, 6.45) is 0. The van der Waals surface area contributed by atoms with Gasteiger partial charge in [0.15, 0.2) is 18.1 Å². The van der Waals surface area contributed by atoms with Gasteiger partial charge >= 0.3 is 5.97 Å². The number of ether oxygens (including phenoxy) is 2. The molecule has 0 spiro atoms. The van der Waals surface area contributed by atoms with Gasteiger partial charge in [0.1, 0.15) is 11.3 Å². The Balaban J connectivity index is 1.64. The highest BCUT2D eigenvalue weighted by Gasteiger charge is 2.25. The van der Waals surface area contributed by atoms with Gasteiger partial charge in [-0.25, -0.2) is 9.48 Å². The van der Waals surface area contributed by atoms with Gasteiger partial charge < -0.3 is 19.1 Å². The van der Waals surface area contributed by atoms with Crippen LogP contribution >= 0.6 is 0 Å². The van der Waals surface area contributed by atoms with Crippen LogP contribution in [0.4, 0.5) is 0 Å². The van der Waals surface area contributed by atoms with Crippen LogP contribution < -0.4 is 10.3 Å². The fourth-order valence-corrected chi connectivity index (χ4v) is 4.34. The monoisotopic (exact) mass is 489 g/mol. The number of hydrogen-bond donors (Lipinski definition) is 1. The molecule has 0 aliphatic carbocycles. The number of Topliss-reactive ketones (excluding diaryl/α,β-unsaturated/α-hetero) is 1. The smallest absolute Gasteiger partial charge is 0.342 e. The fraction of sp³-hybridized carbons (Fsp3) is 0.222. The zero-order valence-corrected chi connectivity index (χ0v) is 20.7. The third-order valence-corrected chi connectivity index (χ3v) is 6.25. The first kappa shape index (κ1) is 24.6. The highest BCUT2D eigenvalue weighted by Crippen LogP contribution is 2.30. The number of methoxy groups -OCH3 is 1. The van der Waals surface area contributed by atoms with Gasteiger partial charge in [-0.1, -0.05) is 24.3 Å². The van der Waals surface area contributed by atoms with Crippen LogP contribution in [0, 0.1) is 20.8 Å². The first-order valence-electron chi connectivity index (χ1n) is 11.3. The minimum Gasteiger partial charge on any atom is -0.504 e. The van der Waals surface area contributed by atoms with E-state index in [9.17, 15) is 19.5 Å². The van der Waals surface area contributed by atoms with Crippen molar-refractivity contribution in [2.45, 2.75) is 20.8 Å². The van der Waals surface area contributed by atoms with E-state index < -0.39 is 18.4 Å². The third kappa shape index (κ3) is 4.08. The molecule has 2 heterocycles. The van der Waals surface area contributed by atoms with Crippen LogP contribution in [0.1, 0.15) is 37.8 Å². The topological polar surface area (TPSA) is 105 Å². The molecule has 36 heavy (non-hydrogen) atoms. The summed E-state index contributed by atoms with van der Waals surface area (Å²) < 4.78 is 15.3. The second-order valence-electron chi connectivity index (χ2n) is 8.39. The van der Waals surface area contributed by atoms with E-state index in [0.717, 1.165) is 11.4 Å². The zero-order chi connectivity index (χ0) is 26.1. The molecular weight excluding hydrogens is 462 g/mol. The molecule has 1 N–H and O–H groups in total. The van der Waals surface area contributed by atoms with Crippen LogP contribution in [-0.4, -0.2) is 44.5 Å². The molecule has 0 atom stereocenters. The van der Waals surface area contributed by atoms with Crippen LogP contribution in [0.15, 0.2) is 59.4 Å². The van der Waals surface area contributed by atoms with Crippen molar-refractivity contribution >= 4 is 11.8 Å². The summed E-state index contributed by atoms with van der Waals surface area (Å²) in [4.78, 5) is 39.0. The summed E-state index contributed by atoms with van der Waals surface area (Å²) in [5.74, 6) is -1.51. The molecule has 0 aliphatic heterocycles. The van der Waals surface area contributed by atoms with Gasteiger partial charge in [0.2, 0.25) is 5.78 Å². The summed E-state index contributed by atoms with van der Waals surface area (Å²) in [5, 5.41) is 10.2. The van der Waals surface area contributed by atoms with Crippen LogP contribution in [0.3, 0.4) is 0 Å². The number of para-hydroxylation sites is 2. The highest BCUT2D eigenvalue weighted by atomic mass is 16.5. The average Bonchev–Trinajstić information content (AvgIpc) is 3.28. The van der Waals surface area contributed by atoms with E-state index in [-0.39, 0.29) is 22.6 Å². The molecule has 0 bridgehead atoms. The maximum Gasteiger partial charge on any atom is 0.342 e. The number of esters is 1. The Hall–Kier alpha value is -4.53. The molecule has 0 unspecified atom stereocenters. The maximum atomic E-state index is 13.5. The molecule has 9 heteroatoms. The molecule has 0 radical (unpaired) electrons. The summed E-state index contributed by atoms with van der Waals surface area (Å²) >= 11 is 0. The molecule has 4 aromatic rings. The first-order chi connectivity index (χ1) is 17.2. The number of aromatic hydroxyl groups is 1. The Morgan fingerprint density at radius 3 is 2.31 bits per heavy atom. The molecule has 0 saturated carbocycles. The van der Waals surface area contributed by atoms with Gasteiger partial charge in [-0.15, -0.1) is 0 Å². The molecule has 4 rings (SSSR count). The van der Waals surface area contributed by atoms with E-state index in [1.165, 1.54) is 25.3 Å². The SMILES string of the molecule is COc1cccc(C(=O)OCC(=O)c2cc(C)n(-c3c(C)n(C)n(-c4ccccc4)c3=O)c2C)c1O. The zero-order valence-electron chi connectivity index (χ0n) is 20.7. The Morgan fingerprint density at radius 2 is 1.64 bits per heavy atom. The van der Waals surface area contributed by atoms with Crippen LogP contribution in [0.2, 0.25) is 0 Å². The van der Waals surface area contributed by atoms with Crippen molar-refractivity contribution in [2.24, 2.45) is 7.05 Å². The number of benzene rings is 2. The van der Waals surface area contributed by atoms with Crippen molar-refractivity contribution in [1.82, 2.24) is 13.9 Å². The van der Waals surface area contributed by atoms with Crippen molar-refractivity contribution in [3.8, 4) is 22.9 Å². The molecular formula is C27H27N3O6. The van der Waals surface area contributed by atoms with Crippen molar-refractivity contribution in [2.75, 3.05) is 13.7 Å². The average molecular weight is 490 g/mol. The molecule has 186 valence electrons. The summed E-state index contributed by atoms with van der Waals surface area (Å²) in [6, 6.07) is 15.4. The Labute approximate surface area is 207 Å². The number of nitrogens with zero attached hydrogens (tertiary/aromatic N) is 3. The number of rotatable bonds is 7. The standard InChI is InChI=1S/C27H27N3O6/c1-16-14-21(22(31)15-36-27(34)20-12-9-13-23(35-5)25(20)32)17(2)29(16)24-18(3)28(4)30(26(24)33)19-10-7-6-8-11-19/h6-14,32H,15H2,1-5H3. The number of hydrogen-bond acceptors (Lipinski definition) is 6. The number of ketones is 1. The number of phenols is 1. The molecule has 0 saturated heterocycles. The fourth-order valence-electron chi connectivity index (χ4n) is 4.34. The van der Waals surface area contributed by atoms with E-state index in [1.54, 1.807) is 34.0 Å². The van der Waals surface area contributed by atoms with Crippen molar-refractivity contribution in [3.05, 3.63) is 93.2 Å². The number of aryl methyl sites for hydroxylation is 1. The van der Waals surface area contributed by atoms with E-state index in [4.69, 9.17) is 9.47 Å². The van der Waals surface area contributed by atoms with Gasteiger partial charge in [-0.2, -0.15) is 0 Å². The normalized spacial score (nSPS) is 10.9. The van der Waals surface area contributed by atoms with E-state index in [2.05, 4.69) is 0 Å². The molecule has 2 aromatic carbocycles. The van der Waals surface area contributed by atoms with Gasteiger partial charge in [-0.05, 0) is 51.1 Å². The number of phenolic OH excluding ortho intramolecular Hbond substituents is 1.